The monoisotopic (exact) mass is 388 g/mol. The van der Waals surface area contributed by atoms with Crippen LogP contribution in [0.1, 0.15) is 22.2 Å². The first-order valence-corrected chi connectivity index (χ1v) is 8.83. The van der Waals surface area contributed by atoms with E-state index in [1.807, 2.05) is 24.3 Å². The molecule has 9 nitrogen and oxygen atoms in total. The molecule has 0 radical (unpaired) electrons. The molecule has 144 valence electrons. The number of anilines is 1. The zero-order valence-electron chi connectivity index (χ0n) is 15.2. The normalized spacial score (nSPS) is 10.6. The summed E-state index contributed by atoms with van der Waals surface area (Å²) in [4.78, 5) is 36.8. The fourth-order valence-electron chi connectivity index (χ4n) is 2.72. The van der Waals surface area contributed by atoms with Crippen molar-refractivity contribution < 1.29 is 14.1 Å². The van der Waals surface area contributed by atoms with Crippen LogP contribution in [0.4, 0.5) is 5.69 Å². The molecule has 4 aromatic rings. The zero-order chi connectivity index (χ0) is 20.1. The van der Waals surface area contributed by atoms with Crippen LogP contribution in [0.25, 0.3) is 10.9 Å². The van der Waals surface area contributed by atoms with Crippen molar-refractivity contribution in [2.45, 2.75) is 13.0 Å². The van der Waals surface area contributed by atoms with Crippen molar-refractivity contribution >= 4 is 28.4 Å². The van der Waals surface area contributed by atoms with Gasteiger partial charge in [-0.3, -0.25) is 19.6 Å². The Labute approximate surface area is 165 Å². The van der Waals surface area contributed by atoms with Gasteiger partial charge in [0.05, 0.1) is 29.9 Å². The van der Waals surface area contributed by atoms with E-state index in [-0.39, 0.29) is 30.6 Å². The first-order chi connectivity index (χ1) is 14.2. The lowest BCUT2D eigenvalue weighted by Crippen LogP contribution is -2.23. The number of hydrogen-bond donors (Lipinski definition) is 2. The smallest absolute Gasteiger partial charge is 0.315 e. The number of nitrogens with one attached hydrogen (secondary N) is 2. The molecule has 0 aliphatic carbocycles. The second-order valence-electron chi connectivity index (χ2n) is 6.12. The van der Waals surface area contributed by atoms with E-state index in [4.69, 9.17) is 4.52 Å². The maximum atomic E-state index is 12.4. The number of amides is 2. The molecule has 0 unspecified atom stereocenters. The van der Waals surface area contributed by atoms with Crippen LogP contribution in [0.2, 0.25) is 0 Å². The van der Waals surface area contributed by atoms with Crippen molar-refractivity contribution in [1.29, 1.82) is 0 Å². The Morgan fingerprint density at radius 3 is 2.72 bits per heavy atom. The van der Waals surface area contributed by atoms with Crippen LogP contribution >= 0.6 is 0 Å². The quantitative estimate of drug-likeness (QED) is 0.519. The van der Waals surface area contributed by atoms with Gasteiger partial charge in [-0.25, -0.2) is 0 Å². The van der Waals surface area contributed by atoms with Gasteiger partial charge in [0, 0.05) is 17.8 Å². The lowest BCUT2D eigenvalue weighted by Gasteiger charge is -2.07. The first kappa shape index (κ1) is 18.2. The molecule has 0 atom stereocenters. The number of fused-ring (bicyclic) bond motifs is 1. The molecule has 0 aliphatic rings. The van der Waals surface area contributed by atoms with Gasteiger partial charge in [-0.15, -0.1) is 0 Å². The number of carbonyl (C=O) groups is 2. The average Bonchev–Trinajstić information content (AvgIpc) is 3.21. The van der Waals surface area contributed by atoms with Crippen molar-refractivity contribution in [1.82, 2.24) is 25.4 Å². The summed E-state index contributed by atoms with van der Waals surface area (Å²) in [6.45, 7) is 0.229. The number of pyridine rings is 2. The number of nitrogens with zero attached hydrogens (tertiary/aromatic N) is 4. The molecule has 29 heavy (non-hydrogen) atoms. The van der Waals surface area contributed by atoms with E-state index in [0.29, 0.717) is 11.4 Å². The van der Waals surface area contributed by atoms with Crippen molar-refractivity contribution in [2.24, 2.45) is 0 Å². The first-order valence-electron chi connectivity index (χ1n) is 8.83. The van der Waals surface area contributed by atoms with Crippen LogP contribution in [-0.2, 0) is 17.8 Å². The summed E-state index contributed by atoms with van der Waals surface area (Å²) in [6.07, 6.45) is 3.19. The maximum Gasteiger partial charge on any atom is 0.315 e. The SMILES string of the molecule is O=C(Cc1noc(C(=O)NCc2ccccn2)n1)Nc1cccc2ncccc12. The van der Waals surface area contributed by atoms with E-state index in [9.17, 15) is 9.59 Å². The molecule has 0 saturated carbocycles. The fourth-order valence-corrected chi connectivity index (χ4v) is 2.72. The minimum Gasteiger partial charge on any atom is -0.342 e. The number of rotatable bonds is 6. The molecule has 0 fully saturated rings. The number of carbonyl (C=O) groups excluding carboxylic acids is 2. The summed E-state index contributed by atoms with van der Waals surface area (Å²) in [7, 11) is 0. The molecule has 0 spiro atoms. The van der Waals surface area contributed by atoms with Crippen molar-refractivity contribution in [3.8, 4) is 0 Å². The Morgan fingerprint density at radius 2 is 1.86 bits per heavy atom. The molecule has 0 bridgehead atoms. The van der Waals surface area contributed by atoms with Gasteiger partial charge in [-0.05, 0) is 36.4 Å². The Kier molecular flexibility index (Phi) is 5.19. The van der Waals surface area contributed by atoms with E-state index >= 15 is 0 Å². The summed E-state index contributed by atoms with van der Waals surface area (Å²) < 4.78 is 4.95. The topological polar surface area (TPSA) is 123 Å². The standard InChI is InChI=1S/C20H16N6O3/c27-18(24-16-8-3-7-15-14(16)6-4-10-22-15)11-17-25-20(29-26-17)19(28)23-12-13-5-1-2-9-21-13/h1-10H,11-12H2,(H,23,28)(H,24,27). The van der Waals surface area contributed by atoms with Crippen LogP contribution < -0.4 is 10.6 Å². The van der Waals surface area contributed by atoms with Gasteiger partial charge in [-0.2, -0.15) is 4.98 Å². The molecule has 1 aromatic carbocycles. The molecule has 2 N–H and O–H groups in total. The van der Waals surface area contributed by atoms with E-state index in [1.54, 1.807) is 36.7 Å². The van der Waals surface area contributed by atoms with Crippen molar-refractivity contribution in [3.05, 3.63) is 78.3 Å². The molecule has 0 aliphatic heterocycles. The third kappa shape index (κ3) is 4.41. The van der Waals surface area contributed by atoms with Gasteiger partial charge < -0.3 is 15.2 Å². The van der Waals surface area contributed by atoms with Crippen molar-refractivity contribution in [2.75, 3.05) is 5.32 Å². The van der Waals surface area contributed by atoms with Crippen LogP contribution in [0.5, 0.6) is 0 Å². The molecule has 2 amide bonds. The molecule has 3 aromatic heterocycles. The number of hydrogen-bond acceptors (Lipinski definition) is 7. The van der Waals surface area contributed by atoms with Crippen LogP contribution in [0.3, 0.4) is 0 Å². The molecule has 0 saturated heterocycles. The van der Waals surface area contributed by atoms with E-state index in [1.165, 1.54) is 0 Å². The summed E-state index contributed by atoms with van der Waals surface area (Å²) in [6, 6.07) is 14.5. The Hall–Kier alpha value is -4.14. The highest BCUT2D eigenvalue weighted by Gasteiger charge is 2.17. The summed E-state index contributed by atoms with van der Waals surface area (Å²) in [5, 5.41) is 9.97. The predicted octanol–water partition coefficient (Wildman–Crippen LogP) is 2.12. The van der Waals surface area contributed by atoms with Crippen LogP contribution in [0, 0.1) is 0 Å². The number of aromatic nitrogens is 4. The Balaban J connectivity index is 1.37. The van der Waals surface area contributed by atoms with Gasteiger partial charge in [0.2, 0.25) is 5.91 Å². The second kappa shape index (κ2) is 8.26. The second-order valence-corrected chi connectivity index (χ2v) is 6.12. The highest BCUT2D eigenvalue weighted by atomic mass is 16.5. The molecule has 9 heteroatoms. The third-order valence-electron chi connectivity index (χ3n) is 4.06. The summed E-state index contributed by atoms with van der Waals surface area (Å²) >= 11 is 0. The Morgan fingerprint density at radius 1 is 0.966 bits per heavy atom. The number of benzene rings is 1. The Bertz CT molecular complexity index is 1150. The van der Waals surface area contributed by atoms with Gasteiger partial charge in [0.15, 0.2) is 5.82 Å². The molecule has 4 rings (SSSR count). The average molecular weight is 388 g/mol. The fraction of sp³-hybridized carbons (Fsp3) is 0.100. The summed E-state index contributed by atoms with van der Waals surface area (Å²) in [5.74, 6) is -0.959. The van der Waals surface area contributed by atoms with Gasteiger partial charge >= 0.3 is 11.8 Å². The van der Waals surface area contributed by atoms with Crippen LogP contribution in [-0.4, -0.2) is 31.9 Å². The molecular formula is C20H16N6O3. The van der Waals surface area contributed by atoms with E-state index < -0.39 is 5.91 Å². The molecular weight excluding hydrogens is 372 g/mol. The van der Waals surface area contributed by atoms with Gasteiger partial charge in [-0.1, -0.05) is 17.3 Å². The van der Waals surface area contributed by atoms with E-state index in [0.717, 1.165) is 10.9 Å². The van der Waals surface area contributed by atoms with Gasteiger partial charge in [0.25, 0.3) is 0 Å². The molecule has 3 heterocycles. The lowest BCUT2D eigenvalue weighted by atomic mass is 10.2. The summed E-state index contributed by atoms with van der Waals surface area (Å²) in [5.41, 5.74) is 2.11. The largest absolute Gasteiger partial charge is 0.342 e. The highest BCUT2D eigenvalue weighted by molar-refractivity contribution is 6.01. The lowest BCUT2D eigenvalue weighted by molar-refractivity contribution is -0.115. The van der Waals surface area contributed by atoms with Crippen molar-refractivity contribution in [3.63, 3.8) is 0 Å². The third-order valence-corrected chi connectivity index (χ3v) is 4.06. The highest BCUT2D eigenvalue weighted by Crippen LogP contribution is 2.21. The minimum atomic E-state index is -0.532. The van der Waals surface area contributed by atoms with Crippen LogP contribution in [0.15, 0.2) is 65.4 Å². The van der Waals surface area contributed by atoms with Gasteiger partial charge in [0.1, 0.15) is 0 Å². The van der Waals surface area contributed by atoms with E-state index in [2.05, 4.69) is 30.7 Å². The predicted molar refractivity (Wildman–Crippen MR) is 104 cm³/mol. The maximum absolute atomic E-state index is 12.4. The minimum absolute atomic E-state index is 0.115. The zero-order valence-corrected chi connectivity index (χ0v) is 15.2.